The van der Waals surface area contributed by atoms with E-state index in [1.54, 1.807) is 6.07 Å². The topological polar surface area (TPSA) is 90.9 Å². The van der Waals surface area contributed by atoms with Crippen LogP contribution < -0.4 is 5.32 Å². The first-order valence-corrected chi connectivity index (χ1v) is 16.3. The number of amides is 1. The van der Waals surface area contributed by atoms with Crippen molar-refractivity contribution in [1.29, 1.82) is 0 Å². The molecule has 0 spiro atoms. The molecule has 0 unspecified atom stereocenters. The molecule has 2 rings (SSSR count). The fourth-order valence-electron chi connectivity index (χ4n) is 3.26. The Morgan fingerprint density at radius 2 is 1.61 bits per heavy atom. The molecule has 0 radical (unpaired) electrons. The molecule has 1 amide bonds. The fraction of sp³-hybridized carbons (Fsp3) is 0.464. The number of unbranched alkanes of at least 4 members (excludes halogenated alkanes) is 1. The number of esters is 2. The lowest BCUT2D eigenvalue weighted by molar-refractivity contribution is -0.145. The molecule has 0 saturated heterocycles. The van der Waals surface area contributed by atoms with Crippen LogP contribution in [-0.4, -0.2) is 39.3 Å². The predicted octanol–water partition coefficient (Wildman–Crippen LogP) is 6.14. The minimum absolute atomic E-state index is 0.102. The minimum Gasteiger partial charge on any atom is -0.466 e. The van der Waals surface area contributed by atoms with E-state index in [0.29, 0.717) is 30.9 Å². The molecule has 0 aromatic heterocycles. The summed E-state index contributed by atoms with van der Waals surface area (Å²) in [6.45, 7) is 9.67. The molecule has 2 aromatic rings. The largest absolute Gasteiger partial charge is 0.466 e. The lowest BCUT2D eigenvalue weighted by Gasteiger charge is -2.16. The molecule has 0 bridgehead atoms. The number of hydrogen-bond acceptors (Lipinski definition) is 6. The summed E-state index contributed by atoms with van der Waals surface area (Å²) < 4.78 is 16.0. The summed E-state index contributed by atoms with van der Waals surface area (Å²) in [5.41, 5.74) is 2.91. The second kappa shape index (κ2) is 15.1. The third-order valence-electron chi connectivity index (χ3n) is 5.45. The number of carbonyl (C=O) groups excluding carboxylic acids is 3. The van der Waals surface area contributed by atoms with E-state index in [0.717, 1.165) is 30.0 Å². The SMILES string of the molecule is CCCCOC(=O)Nc1cc(CC(=O)OCC[Si](C)(C)C)ccc1CCC(=O)OCc1ccccc1. The normalized spacial score (nSPS) is 11.0. The Kier molecular flexibility index (Phi) is 12.2. The Morgan fingerprint density at radius 1 is 0.861 bits per heavy atom. The van der Waals surface area contributed by atoms with Gasteiger partial charge in [-0.15, -0.1) is 0 Å². The maximum Gasteiger partial charge on any atom is 0.411 e. The molecule has 0 heterocycles. The van der Waals surface area contributed by atoms with Crippen molar-refractivity contribution in [3.8, 4) is 0 Å². The second-order valence-electron chi connectivity index (χ2n) is 9.96. The highest BCUT2D eigenvalue weighted by molar-refractivity contribution is 6.76. The molecule has 0 aliphatic heterocycles. The third-order valence-corrected chi connectivity index (χ3v) is 7.15. The number of carbonyl (C=O) groups is 3. The van der Waals surface area contributed by atoms with Crippen molar-refractivity contribution in [2.45, 2.75) is 71.3 Å². The Bertz CT molecular complexity index is 987. The van der Waals surface area contributed by atoms with Crippen LogP contribution in [0.25, 0.3) is 0 Å². The molecule has 0 aliphatic rings. The number of nitrogens with one attached hydrogen (secondary N) is 1. The van der Waals surface area contributed by atoms with Gasteiger partial charge < -0.3 is 14.2 Å². The molecule has 196 valence electrons. The zero-order valence-corrected chi connectivity index (χ0v) is 22.9. The van der Waals surface area contributed by atoms with Crippen LogP contribution in [0, 0.1) is 0 Å². The quantitative estimate of drug-likeness (QED) is 0.141. The van der Waals surface area contributed by atoms with Crippen molar-refractivity contribution in [3.05, 3.63) is 65.2 Å². The Hall–Kier alpha value is -3.13. The average Bonchev–Trinajstić information content (AvgIpc) is 2.82. The van der Waals surface area contributed by atoms with Crippen molar-refractivity contribution in [2.75, 3.05) is 18.5 Å². The minimum atomic E-state index is -1.29. The first-order valence-electron chi connectivity index (χ1n) is 12.6. The van der Waals surface area contributed by atoms with Gasteiger partial charge in [0.05, 0.1) is 19.6 Å². The van der Waals surface area contributed by atoms with Crippen molar-refractivity contribution < 1.29 is 28.6 Å². The summed E-state index contributed by atoms with van der Waals surface area (Å²) in [6, 6.07) is 15.8. The van der Waals surface area contributed by atoms with E-state index in [4.69, 9.17) is 14.2 Å². The number of hydrogen-bond donors (Lipinski definition) is 1. The van der Waals surface area contributed by atoms with Gasteiger partial charge in [-0.3, -0.25) is 14.9 Å². The highest BCUT2D eigenvalue weighted by atomic mass is 28.3. The molecule has 0 fully saturated rings. The lowest BCUT2D eigenvalue weighted by atomic mass is 10.0. The van der Waals surface area contributed by atoms with E-state index in [-0.39, 0.29) is 31.4 Å². The van der Waals surface area contributed by atoms with E-state index >= 15 is 0 Å². The number of aryl methyl sites for hydroxylation is 1. The van der Waals surface area contributed by atoms with Crippen LogP contribution in [0.15, 0.2) is 48.5 Å². The molecule has 0 aliphatic carbocycles. The zero-order valence-electron chi connectivity index (χ0n) is 21.9. The van der Waals surface area contributed by atoms with E-state index in [2.05, 4.69) is 25.0 Å². The van der Waals surface area contributed by atoms with Gasteiger partial charge in [0.2, 0.25) is 0 Å². The van der Waals surface area contributed by atoms with E-state index in [9.17, 15) is 14.4 Å². The summed E-state index contributed by atoms with van der Waals surface area (Å²) in [5, 5.41) is 2.77. The van der Waals surface area contributed by atoms with Crippen molar-refractivity contribution in [1.82, 2.24) is 0 Å². The average molecular weight is 514 g/mol. The van der Waals surface area contributed by atoms with Gasteiger partial charge in [-0.2, -0.15) is 0 Å². The Morgan fingerprint density at radius 3 is 2.31 bits per heavy atom. The molecule has 2 aromatic carbocycles. The van der Waals surface area contributed by atoms with Crippen LogP contribution in [-0.2, 0) is 43.2 Å². The van der Waals surface area contributed by atoms with Crippen molar-refractivity contribution >= 4 is 31.8 Å². The Labute approximate surface area is 215 Å². The van der Waals surface area contributed by atoms with Crippen molar-refractivity contribution in [3.63, 3.8) is 0 Å². The second-order valence-corrected chi connectivity index (χ2v) is 15.6. The highest BCUT2D eigenvalue weighted by Crippen LogP contribution is 2.21. The zero-order chi connectivity index (χ0) is 26.4. The van der Waals surface area contributed by atoms with Crippen LogP contribution in [0.5, 0.6) is 0 Å². The first kappa shape index (κ1) is 29.1. The van der Waals surface area contributed by atoms with E-state index < -0.39 is 14.2 Å². The van der Waals surface area contributed by atoms with Gasteiger partial charge in [0.15, 0.2) is 0 Å². The van der Waals surface area contributed by atoms with Crippen LogP contribution in [0.4, 0.5) is 10.5 Å². The fourth-order valence-corrected chi connectivity index (χ4v) is 3.97. The monoisotopic (exact) mass is 513 g/mol. The van der Waals surface area contributed by atoms with Crippen molar-refractivity contribution in [2.24, 2.45) is 0 Å². The number of ether oxygens (including phenoxy) is 3. The van der Waals surface area contributed by atoms with Gasteiger partial charge in [-0.25, -0.2) is 4.79 Å². The molecule has 8 heteroatoms. The number of benzene rings is 2. The standard InChI is InChI=1S/C28H39NO6Si/c1-5-6-16-34-28(32)29-25-19-23(20-27(31)33-17-18-36(2,3)4)12-13-24(25)14-15-26(30)35-21-22-10-8-7-9-11-22/h7-13,19H,5-6,14-18,20-21H2,1-4H3,(H,29,32). The van der Waals surface area contributed by atoms with Gasteiger partial charge in [-0.1, -0.05) is 75.5 Å². The van der Waals surface area contributed by atoms with E-state index in [1.165, 1.54) is 0 Å². The summed E-state index contributed by atoms with van der Waals surface area (Å²) >= 11 is 0. The van der Waals surface area contributed by atoms with Gasteiger partial charge in [0, 0.05) is 20.2 Å². The maximum atomic E-state index is 12.3. The molecule has 0 saturated carbocycles. The first-order chi connectivity index (χ1) is 17.2. The van der Waals surface area contributed by atoms with E-state index in [1.807, 2.05) is 49.4 Å². The highest BCUT2D eigenvalue weighted by Gasteiger charge is 2.16. The summed E-state index contributed by atoms with van der Waals surface area (Å²) in [5.74, 6) is -0.632. The van der Waals surface area contributed by atoms with Gasteiger partial charge >= 0.3 is 18.0 Å². The smallest absolute Gasteiger partial charge is 0.411 e. The molecular formula is C28H39NO6Si. The van der Waals surface area contributed by atoms with Crippen LogP contribution >= 0.6 is 0 Å². The molecule has 1 N–H and O–H groups in total. The Balaban J connectivity index is 2.00. The molecular weight excluding hydrogens is 474 g/mol. The summed E-state index contributed by atoms with van der Waals surface area (Å²) in [6.07, 6.45) is 1.76. The molecule has 7 nitrogen and oxygen atoms in total. The van der Waals surface area contributed by atoms with Crippen LogP contribution in [0.3, 0.4) is 0 Å². The van der Waals surface area contributed by atoms with Crippen LogP contribution in [0.1, 0.15) is 42.9 Å². The summed E-state index contributed by atoms with van der Waals surface area (Å²) in [7, 11) is -1.29. The van der Waals surface area contributed by atoms with Crippen LogP contribution in [0.2, 0.25) is 25.7 Å². The van der Waals surface area contributed by atoms with Gasteiger partial charge in [0.1, 0.15) is 6.61 Å². The predicted molar refractivity (Wildman–Crippen MR) is 144 cm³/mol. The van der Waals surface area contributed by atoms with Gasteiger partial charge in [0.25, 0.3) is 0 Å². The molecule has 0 atom stereocenters. The maximum absolute atomic E-state index is 12.3. The lowest BCUT2D eigenvalue weighted by Crippen LogP contribution is -2.23. The molecule has 36 heavy (non-hydrogen) atoms. The van der Waals surface area contributed by atoms with Gasteiger partial charge in [-0.05, 0) is 41.6 Å². The third kappa shape index (κ3) is 12.0. The number of anilines is 1. The number of rotatable bonds is 14. The summed E-state index contributed by atoms with van der Waals surface area (Å²) in [4.78, 5) is 36.9.